The number of anilines is 2. The molecule has 0 aromatic heterocycles. The Morgan fingerprint density at radius 3 is 2.44 bits per heavy atom. The molecule has 0 spiro atoms. The van der Waals surface area contributed by atoms with Gasteiger partial charge in [0.1, 0.15) is 17.3 Å². The minimum atomic E-state index is -0.655. The summed E-state index contributed by atoms with van der Waals surface area (Å²) in [7, 11) is 0. The molecule has 0 bridgehead atoms. The van der Waals surface area contributed by atoms with E-state index in [-0.39, 0.29) is 18.1 Å². The molecule has 9 heteroatoms. The Balaban J connectivity index is 1.56. The Labute approximate surface area is 154 Å². The number of nitro benzene ring substituents is 1. The molecule has 27 heavy (non-hydrogen) atoms. The second kappa shape index (κ2) is 8.09. The van der Waals surface area contributed by atoms with Gasteiger partial charge < -0.3 is 10.2 Å². The molecule has 2 aromatic rings. The quantitative estimate of drug-likeness (QED) is 0.641. The first-order chi connectivity index (χ1) is 12.9. The minimum absolute atomic E-state index is 0.135. The standard InChI is InChI=1S/C18H18F2N4O3/c19-13-2-1-3-15(10-13)21-18(25)12-22-6-8-23(9-7-22)16-5-4-14(20)11-17(16)24(26)27/h1-5,10-11H,6-9,12H2,(H,21,25). The van der Waals surface area contributed by atoms with Gasteiger partial charge in [0.15, 0.2) is 0 Å². The van der Waals surface area contributed by atoms with Crippen molar-refractivity contribution >= 4 is 23.0 Å². The third kappa shape index (κ3) is 4.76. The second-order valence-electron chi connectivity index (χ2n) is 6.21. The van der Waals surface area contributed by atoms with E-state index in [0.29, 0.717) is 37.6 Å². The zero-order valence-corrected chi connectivity index (χ0v) is 14.4. The Hall–Kier alpha value is -3.07. The predicted octanol–water partition coefficient (Wildman–Crippen LogP) is 2.63. The number of carbonyl (C=O) groups excluding carboxylic acids is 1. The van der Waals surface area contributed by atoms with Crippen LogP contribution in [0.4, 0.5) is 25.8 Å². The first-order valence-corrected chi connectivity index (χ1v) is 8.39. The number of benzene rings is 2. The van der Waals surface area contributed by atoms with E-state index in [4.69, 9.17) is 0 Å². The van der Waals surface area contributed by atoms with Crippen molar-refractivity contribution in [3.8, 4) is 0 Å². The number of nitro groups is 1. The van der Waals surface area contributed by atoms with Crippen molar-refractivity contribution < 1.29 is 18.5 Å². The molecule has 1 saturated heterocycles. The number of hydrogen-bond donors (Lipinski definition) is 1. The summed E-state index contributed by atoms with van der Waals surface area (Å²) >= 11 is 0. The fraction of sp³-hybridized carbons (Fsp3) is 0.278. The Morgan fingerprint density at radius 2 is 1.78 bits per heavy atom. The van der Waals surface area contributed by atoms with Gasteiger partial charge in [-0.15, -0.1) is 0 Å². The van der Waals surface area contributed by atoms with Crippen LogP contribution in [0.3, 0.4) is 0 Å². The summed E-state index contributed by atoms with van der Waals surface area (Å²) in [6, 6.07) is 9.16. The van der Waals surface area contributed by atoms with Crippen molar-refractivity contribution in [2.75, 3.05) is 42.9 Å². The predicted molar refractivity (Wildman–Crippen MR) is 96.7 cm³/mol. The largest absolute Gasteiger partial charge is 0.363 e. The highest BCUT2D eigenvalue weighted by atomic mass is 19.1. The fourth-order valence-electron chi connectivity index (χ4n) is 3.03. The van der Waals surface area contributed by atoms with Crippen molar-refractivity contribution in [3.05, 3.63) is 64.2 Å². The normalized spacial score (nSPS) is 14.8. The monoisotopic (exact) mass is 376 g/mol. The van der Waals surface area contributed by atoms with Gasteiger partial charge in [0.25, 0.3) is 5.69 Å². The van der Waals surface area contributed by atoms with Crippen molar-refractivity contribution in [2.24, 2.45) is 0 Å². The van der Waals surface area contributed by atoms with Gasteiger partial charge >= 0.3 is 0 Å². The molecular formula is C18H18F2N4O3. The Kier molecular flexibility index (Phi) is 5.60. The summed E-state index contributed by atoms with van der Waals surface area (Å²) < 4.78 is 26.4. The molecule has 7 nitrogen and oxygen atoms in total. The summed E-state index contributed by atoms with van der Waals surface area (Å²) in [6.07, 6.45) is 0. The number of piperazine rings is 1. The zero-order valence-electron chi connectivity index (χ0n) is 14.4. The summed E-state index contributed by atoms with van der Waals surface area (Å²) in [5.41, 5.74) is 0.484. The maximum Gasteiger partial charge on any atom is 0.295 e. The lowest BCUT2D eigenvalue weighted by molar-refractivity contribution is -0.384. The van der Waals surface area contributed by atoms with Crippen LogP contribution in [0.1, 0.15) is 0 Å². The lowest BCUT2D eigenvalue weighted by Gasteiger charge is -2.35. The van der Waals surface area contributed by atoms with E-state index in [2.05, 4.69) is 5.32 Å². The minimum Gasteiger partial charge on any atom is -0.363 e. The van der Waals surface area contributed by atoms with Crippen molar-refractivity contribution in [2.45, 2.75) is 0 Å². The number of rotatable bonds is 5. The molecule has 0 atom stereocenters. The van der Waals surface area contributed by atoms with E-state index < -0.39 is 16.6 Å². The highest BCUT2D eigenvalue weighted by molar-refractivity contribution is 5.92. The average molecular weight is 376 g/mol. The molecule has 0 aliphatic carbocycles. The number of hydrogen-bond acceptors (Lipinski definition) is 5. The first kappa shape index (κ1) is 18.7. The van der Waals surface area contributed by atoms with Gasteiger partial charge in [-0.3, -0.25) is 19.8 Å². The van der Waals surface area contributed by atoms with Gasteiger partial charge in [0.05, 0.1) is 17.5 Å². The molecule has 1 aliphatic heterocycles. The molecule has 0 saturated carbocycles. The van der Waals surface area contributed by atoms with Crippen LogP contribution in [0.15, 0.2) is 42.5 Å². The fourth-order valence-corrected chi connectivity index (χ4v) is 3.03. The summed E-state index contributed by atoms with van der Waals surface area (Å²) in [5.74, 6) is -1.35. The van der Waals surface area contributed by atoms with Gasteiger partial charge in [-0.05, 0) is 30.3 Å². The van der Waals surface area contributed by atoms with Crippen molar-refractivity contribution in [1.82, 2.24) is 4.90 Å². The SMILES string of the molecule is O=C(CN1CCN(c2ccc(F)cc2[N+](=O)[O-])CC1)Nc1cccc(F)c1. The van der Waals surface area contributed by atoms with Gasteiger partial charge in [0.2, 0.25) is 5.91 Å². The molecule has 3 rings (SSSR count). The van der Waals surface area contributed by atoms with Crippen molar-refractivity contribution in [1.29, 1.82) is 0 Å². The van der Waals surface area contributed by atoms with Crippen LogP contribution in [-0.4, -0.2) is 48.5 Å². The van der Waals surface area contributed by atoms with E-state index in [9.17, 15) is 23.7 Å². The Bertz CT molecular complexity index is 854. The molecule has 1 N–H and O–H groups in total. The molecule has 142 valence electrons. The first-order valence-electron chi connectivity index (χ1n) is 8.39. The summed E-state index contributed by atoms with van der Waals surface area (Å²) in [5, 5.41) is 13.8. The Morgan fingerprint density at radius 1 is 1.07 bits per heavy atom. The number of carbonyl (C=O) groups is 1. The average Bonchev–Trinajstić information content (AvgIpc) is 2.62. The van der Waals surface area contributed by atoms with E-state index in [1.165, 1.54) is 30.3 Å². The zero-order chi connectivity index (χ0) is 19.4. The van der Waals surface area contributed by atoms with E-state index in [1.807, 2.05) is 4.90 Å². The number of halogens is 2. The molecule has 2 aromatic carbocycles. The third-order valence-electron chi connectivity index (χ3n) is 4.32. The van der Waals surface area contributed by atoms with E-state index in [0.717, 1.165) is 6.07 Å². The van der Waals surface area contributed by atoms with Crippen molar-refractivity contribution in [3.63, 3.8) is 0 Å². The number of nitrogens with zero attached hydrogens (tertiary/aromatic N) is 3. The highest BCUT2D eigenvalue weighted by Crippen LogP contribution is 2.29. The lowest BCUT2D eigenvalue weighted by Crippen LogP contribution is -2.48. The van der Waals surface area contributed by atoms with E-state index >= 15 is 0 Å². The van der Waals surface area contributed by atoms with Gasteiger partial charge in [-0.1, -0.05) is 6.07 Å². The summed E-state index contributed by atoms with van der Waals surface area (Å²) in [4.78, 5) is 26.4. The molecule has 1 amide bonds. The molecule has 0 radical (unpaired) electrons. The number of nitrogens with one attached hydrogen (secondary N) is 1. The third-order valence-corrected chi connectivity index (χ3v) is 4.32. The van der Waals surface area contributed by atoms with Crippen LogP contribution in [0.2, 0.25) is 0 Å². The molecule has 1 aliphatic rings. The maximum atomic E-state index is 13.3. The molecule has 1 fully saturated rings. The topological polar surface area (TPSA) is 78.7 Å². The molecule has 1 heterocycles. The van der Waals surface area contributed by atoms with Crippen LogP contribution in [0.25, 0.3) is 0 Å². The number of amides is 1. The van der Waals surface area contributed by atoms with Crippen LogP contribution in [-0.2, 0) is 4.79 Å². The van der Waals surface area contributed by atoms with Crippen LogP contribution in [0.5, 0.6) is 0 Å². The summed E-state index contributed by atoms with van der Waals surface area (Å²) in [6.45, 7) is 2.12. The van der Waals surface area contributed by atoms with Gasteiger partial charge in [-0.25, -0.2) is 8.78 Å². The van der Waals surface area contributed by atoms with E-state index in [1.54, 1.807) is 11.0 Å². The smallest absolute Gasteiger partial charge is 0.295 e. The molecule has 0 unspecified atom stereocenters. The van der Waals surface area contributed by atoms with Crippen LogP contribution in [0, 0.1) is 21.7 Å². The van der Waals surface area contributed by atoms with Gasteiger partial charge in [0, 0.05) is 31.9 Å². The second-order valence-corrected chi connectivity index (χ2v) is 6.21. The van der Waals surface area contributed by atoms with Crippen LogP contribution >= 0.6 is 0 Å². The lowest BCUT2D eigenvalue weighted by atomic mass is 10.2. The molecular weight excluding hydrogens is 358 g/mol. The maximum absolute atomic E-state index is 13.3. The van der Waals surface area contributed by atoms with Gasteiger partial charge in [-0.2, -0.15) is 0 Å². The highest BCUT2D eigenvalue weighted by Gasteiger charge is 2.25. The van der Waals surface area contributed by atoms with Crippen LogP contribution < -0.4 is 10.2 Å².